The monoisotopic (exact) mass is 179 g/mol. The molecule has 1 aromatic carbocycles. The molecule has 0 spiro atoms. The summed E-state index contributed by atoms with van der Waals surface area (Å²) in [6.45, 7) is 1.97. The van der Waals surface area contributed by atoms with Crippen LogP contribution in [0.4, 0.5) is 5.69 Å². The van der Waals surface area contributed by atoms with Crippen LogP contribution in [-0.4, -0.2) is 5.11 Å². The third-order valence-electron chi connectivity index (χ3n) is 1.49. The fourth-order valence-corrected chi connectivity index (χ4v) is 0.966. The lowest BCUT2D eigenvalue weighted by atomic mass is 10.2. The van der Waals surface area contributed by atoms with Crippen LogP contribution in [0.1, 0.15) is 5.56 Å². The first kappa shape index (κ1) is 8.80. The summed E-state index contributed by atoms with van der Waals surface area (Å²) in [6.07, 6.45) is 0. The predicted molar refractivity (Wildman–Crippen MR) is 52.5 cm³/mol. The molecule has 0 bridgehead atoms. The molecule has 12 heavy (non-hydrogen) atoms. The van der Waals surface area contributed by atoms with E-state index in [1.54, 1.807) is 0 Å². The van der Waals surface area contributed by atoms with Crippen LogP contribution in [0.3, 0.4) is 0 Å². The van der Waals surface area contributed by atoms with Gasteiger partial charge >= 0.3 is 0 Å². The van der Waals surface area contributed by atoms with Gasteiger partial charge in [-0.15, -0.1) is 5.11 Å². The number of thiocarbonyl (C=S) groups is 1. The first-order valence-corrected chi connectivity index (χ1v) is 3.89. The Balaban J connectivity index is 2.82. The number of benzene rings is 1. The van der Waals surface area contributed by atoms with Gasteiger partial charge in [-0.05, 0) is 30.8 Å². The highest BCUT2D eigenvalue weighted by atomic mass is 32.1. The second-order valence-electron chi connectivity index (χ2n) is 2.36. The third kappa shape index (κ3) is 2.10. The Kier molecular flexibility index (Phi) is 2.88. The molecule has 0 aromatic heterocycles. The Morgan fingerprint density at radius 1 is 1.50 bits per heavy atom. The van der Waals surface area contributed by atoms with Crippen molar-refractivity contribution in [2.24, 2.45) is 5.11 Å². The fraction of sp³-hybridized carbons (Fsp3) is 0.125. The van der Waals surface area contributed by atoms with E-state index in [1.807, 2.05) is 31.2 Å². The smallest absolute Gasteiger partial charge is 0.217 e. The maximum Gasteiger partial charge on any atom is 0.217 e. The van der Waals surface area contributed by atoms with Gasteiger partial charge in [-0.25, -0.2) is 5.53 Å². The molecule has 2 N–H and O–H groups in total. The average Bonchev–Trinajstić information content (AvgIpc) is 2.09. The van der Waals surface area contributed by atoms with Gasteiger partial charge in [-0.2, -0.15) is 0 Å². The number of hydrogen-bond donors (Lipinski definition) is 2. The largest absolute Gasteiger partial charge is 0.329 e. The van der Waals surface area contributed by atoms with Gasteiger partial charge in [-0.3, -0.25) is 0 Å². The van der Waals surface area contributed by atoms with E-state index in [0.717, 1.165) is 11.3 Å². The van der Waals surface area contributed by atoms with Crippen LogP contribution in [0, 0.1) is 12.5 Å². The van der Waals surface area contributed by atoms with Crippen molar-refractivity contribution >= 4 is 23.0 Å². The number of hydrogen-bond acceptors (Lipinski definition) is 2. The third-order valence-corrected chi connectivity index (χ3v) is 1.68. The Morgan fingerprint density at radius 2 is 2.17 bits per heavy atom. The zero-order valence-electron chi connectivity index (χ0n) is 6.66. The first-order valence-electron chi connectivity index (χ1n) is 3.48. The summed E-state index contributed by atoms with van der Waals surface area (Å²) < 4.78 is 0. The highest BCUT2D eigenvalue weighted by molar-refractivity contribution is 7.80. The van der Waals surface area contributed by atoms with Crippen molar-refractivity contribution in [1.29, 1.82) is 5.53 Å². The lowest BCUT2D eigenvalue weighted by Crippen LogP contribution is -2.05. The molecule has 0 amide bonds. The molecule has 0 fully saturated rings. The minimum absolute atomic E-state index is 0.185. The van der Waals surface area contributed by atoms with Gasteiger partial charge in [0.2, 0.25) is 5.11 Å². The number of rotatable bonds is 1. The standard InChI is InChI=1S/C8H9N3S/c1-6-4-2-3-5-7(6)10-8(12)11-9/h2-5,9H,1H3,(H,10,12). The highest BCUT2D eigenvalue weighted by Crippen LogP contribution is 2.12. The van der Waals surface area contributed by atoms with E-state index in [9.17, 15) is 0 Å². The molecule has 4 heteroatoms. The Hall–Kier alpha value is -1.29. The second kappa shape index (κ2) is 3.92. The van der Waals surface area contributed by atoms with E-state index in [0.29, 0.717) is 0 Å². The van der Waals surface area contributed by atoms with Gasteiger partial charge in [-0.1, -0.05) is 18.2 Å². The van der Waals surface area contributed by atoms with Gasteiger partial charge in [0.25, 0.3) is 0 Å². The molecule has 0 radical (unpaired) electrons. The van der Waals surface area contributed by atoms with E-state index in [4.69, 9.17) is 17.7 Å². The van der Waals surface area contributed by atoms with Gasteiger partial charge < -0.3 is 5.32 Å². The summed E-state index contributed by atoms with van der Waals surface area (Å²) in [7, 11) is 0. The summed E-state index contributed by atoms with van der Waals surface area (Å²) in [4.78, 5) is 0. The lowest BCUT2D eigenvalue weighted by molar-refractivity contribution is 1.20. The predicted octanol–water partition coefficient (Wildman–Crippen LogP) is 2.72. The molecule has 1 rings (SSSR count). The maximum absolute atomic E-state index is 6.65. The van der Waals surface area contributed by atoms with Crippen molar-refractivity contribution in [3.05, 3.63) is 29.8 Å². The highest BCUT2D eigenvalue weighted by Gasteiger charge is 1.97. The minimum Gasteiger partial charge on any atom is -0.329 e. The molecule has 0 saturated carbocycles. The summed E-state index contributed by atoms with van der Waals surface area (Å²) in [5.41, 5.74) is 8.64. The molecule has 1 aromatic rings. The molecular formula is C8H9N3S. The molecular weight excluding hydrogens is 170 g/mol. The number of nitrogens with one attached hydrogen (secondary N) is 2. The van der Waals surface area contributed by atoms with Crippen molar-refractivity contribution in [2.45, 2.75) is 6.92 Å². The summed E-state index contributed by atoms with van der Waals surface area (Å²) in [5, 5.41) is 6.12. The van der Waals surface area contributed by atoms with Crippen molar-refractivity contribution in [2.75, 3.05) is 5.32 Å². The van der Waals surface area contributed by atoms with Gasteiger partial charge in [0.05, 0.1) is 0 Å². The van der Waals surface area contributed by atoms with Crippen LogP contribution in [0.15, 0.2) is 29.4 Å². The molecule has 0 aliphatic rings. The second-order valence-corrected chi connectivity index (χ2v) is 2.74. The van der Waals surface area contributed by atoms with Gasteiger partial charge in [0, 0.05) is 5.69 Å². The average molecular weight is 179 g/mol. The SMILES string of the molecule is Cc1ccccc1NC(=S)N=N. The molecule has 62 valence electrons. The van der Waals surface area contributed by atoms with Crippen LogP contribution < -0.4 is 5.32 Å². The van der Waals surface area contributed by atoms with E-state index in [-0.39, 0.29) is 5.11 Å². The van der Waals surface area contributed by atoms with Gasteiger partial charge in [0.1, 0.15) is 0 Å². The molecule has 0 saturated heterocycles. The Bertz CT molecular complexity index is 309. The summed E-state index contributed by atoms with van der Waals surface area (Å²) >= 11 is 4.73. The van der Waals surface area contributed by atoms with Crippen LogP contribution in [0.5, 0.6) is 0 Å². The molecule has 0 aliphatic carbocycles. The zero-order chi connectivity index (χ0) is 8.97. The van der Waals surface area contributed by atoms with Crippen LogP contribution >= 0.6 is 12.2 Å². The van der Waals surface area contributed by atoms with Crippen LogP contribution in [-0.2, 0) is 0 Å². The van der Waals surface area contributed by atoms with Crippen molar-refractivity contribution in [3.63, 3.8) is 0 Å². The van der Waals surface area contributed by atoms with Crippen molar-refractivity contribution in [3.8, 4) is 0 Å². The Morgan fingerprint density at radius 3 is 2.75 bits per heavy atom. The number of para-hydroxylation sites is 1. The van der Waals surface area contributed by atoms with Crippen molar-refractivity contribution < 1.29 is 0 Å². The van der Waals surface area contributed by atoms with Gasteiger partial charge in [0.15, 0.2) is 0 Å². The number of anilines is 1. The van der Waals surface area contributed by atoms with Crippen molar-refractivity contribution in [1.82, 2.24) is 0 Å². The quantitative estimate of drug-likeness (QED) is 0.514. The topological polar surface area (TPSA) is 48.2 Å². The van der Waals surface area contributed by atoms with E-state index in [1.165, 1.54) is 0 Å². The maximum atomic E-state index is 6.65. The minimum atomic E-state index is 0.185. The van der Waals surface area contributed by atoms with Crippen LogP contribution in [0.25, 0.3) is 0 Å². The van der Waals surface area contributed by atoms with E-state index in [2.05, 4.69) is 10.4 Å². The Labute approximate surface area is 76.3 Å². The molecule has 0 heterocycles. The van der Waals surface area contributed by atoms with E-state index >= 15 is 0 Å². The molecule has 3 nitrogen and oxygen atoms in total. The fourth-order valence-electron chi connectivity index (χ4n) is 0.856. The zero-order valence-corrected chi connectivity index (χ0v) is 7.48. The lowest BCUT2D eigenvalue weighted by Gasteiger charge is -2.05. The van der Waals surface area contributed by atoms with E-state index < -0.39 is 0 Å². The number of nitrogens with zero attached hydrogens (tertiary/aromatic N) is 1. The number of aryl methyl sites for hydroxylation is 1. The van der Waals surface area contributed by atoms with Crippen LogP contribution in [0.2, 0.25) is 0 Å². The normalized spacial score (nSPS) is 9.08. The first-order chi connectivity index (χ1) is 5.74. The molecule has 0 aliphatic heterocycles. The summed E-state index contributed by atoms with van der Waals surface area (Å²) in [6, 6.07) is 7.71. The molecule has 0 atom stereocenters. The molecule has 0 unspecified atom stereocenters. The summed E-state index contributed by atoms with van der Waals surface area (Å²) in [5.74, 6) is 0.